The number of imidazole rings is 1. The summed E-state index contributed by atoms with van der Waals surface area (Å²) in [5.41, 5.74) is -0.465. The lowest BCUT2D eigenvalue weighted by Crippen LogP contribution is -2.42. The standard InChI is InChI=1S/C20H22N4O6/c1-5-8-23-19(27)16-18(24(20(23)28)10-13(26)11-25)21-17(22(16)2)12-6-7-14(29-3)15(9-12)30-4/h1,6-7,9,13,25-26H,8,10-11H2,2-4H3. The fourth-order valence-corrected chi connectivity index (χ4v) is 3.26. The molecule has 0 spiro atoms. The van der Waals surface area contributed by atoms with Crippen molar-refractivity contribution in [3.05, 3.63) is 39.0 Å². The lowest BCUT2D eigenvalue weighted by molar-refractivity contribution is 0.0807. The fourth-order valence-electron chi connectivity index (χ4n) is 3.26. The Morgan fingerprint density at radius 1 is 1.20 bits per heavy atom. The quantitative estimate of drug-likeness (QED) is 0.503. The van der Waals surface area contributed by atoms with E-state index in [1.54, 1.807) is 29.8 Å². The Labute approximate surface area is 171 Å². The molecule has 10 heteroatoms. The summed E-state index contributed by atoms with van der Waals surface area (Å²) in [6.45, 7) is -1.05. The van der Waals surface area contributed by atoms with Gasteiger partial charge in [-0.2, -0.15) is 0 Å². The van der Waals surface area contributed by atoms with E-state index in [4.69, 9.17) is 15.9 Å². The van der Waals surface area contributed by atoms with E-state index in [-0.39, 0.29) is 24.3 Å². The van der Waals surface area contributed by atoms with Gasteiger partial charge in [0.1, 0.15) is 5.82 Å². The molecule has 1 atom stereocenters. The molecule has 0 saturated carbocycles. The van der Waals surface area contributed by atoms with Crippen LogP contribution in [0.1, 0.15) is 0 Å². The van der Waals surface area contributed by atoms with Crippen LogP contribution in [0.15, 0.2) is 27.8 Å². The molecule has 30 heavy (non-hydrogen) atoms. The van der Waals surface area contributed by atoms with Gasteiger partial charge in [0.05, 0.1) is 40.0 Å². The molecule has 0 fully saturated rings. The molecule has 2 N–H and O–H groups in total. The van der Waals surface area contributed by atoms with Crippen molar-refractivity contribution in [3.63, 3.8) is 0 Å². The second-order valence-corrected chi connectivity index (χ2v) is 6.56. The maximum Gasteiger partial charge on any atom is 0.333 e. The predicted molar refractivity (Wildman–Crippen MR) is 110 cm³/mol. The zero-order valence-corrected chi connectivity index (χ0v) is 16.8. The van der Waals surface area contributed by atoms with Gasteiger partial charge in [0.15, 0.2) is 22.7 Å². The summed E-state index contributed by atoms with van der Waals surface area (Å²) in [5.74, 6) is 3.68. The largest absolute Gasteiger partial charge is 0.493 e. The third-order valence-corrected chi connectivity index (χ3v) is 4.74. The number of methoxy groups -OCH3 is 2. The predicted octanol–water partition coefficient (Wildman–Crippen LogP) is -0.433. The molecule has 0 saturated heterocycles. The van der Waals surface area contributed by atoms with Crippen molar-refractivity contribution in [1.82, 2.24) is 18.7 Å². The van der Waals surface area contributed by atoms with Crippen LogP contribution in [0.25, 0.3) is 22.6 Å². The number of rotatable bonds is 7. The van der Waals surface area contributed by atoms with Gasteiger partial charge < -0.3 is 24.3 Å². The first-order valence-corrected chi connectivity index (χ1v) is 9.02. The molecule has 0 amide bonds. The molecule has 0 aliphatic carbocycles. The van der Waals surface area contributed by atoms with E-state index in [9.17, 15) is 19.8 Å². The minimum absolute atomic E-state index is 0.0815. The van der Waals surface area contributed by atoms with Crippen LogP contribution in [0.5, 0.6) is 11.5 Å². The summed E-state index contributed by atoms with van der Waals surface area (Å²) in [4.78, 5) is 30.3. The smallest absolute Gasteiger partial charge is 0.333 e. The van der Waals surface area contributed by atoms with Crippen molar-refractivity contribution in [2.75, 3.05) is 20.8 Å². The van der Waals surface area contributed by atoms with Gasteiger partial charge in [-0.05, 0) is 18.2 Å². The third-order valence-electron chi connectivity index (χ3n) is 4.74. The second kappa shape index (κ2) is 8.44. The number of hydrogen-bond acceptors (Lipinski definition) is 7. The van der Waals surface area contributed by atoms with Crippen LogP contribution in [0.2, 0.25) is 0 Å². The van der Waals surface area contributed by atoms with E-state index in [1.165, 1.54) is 14.2 Å². The van der Waals surface area contributed by atoms with Gasteiger partial charge in [-0.15, -0.1) is 6.42 Å². The third kappa shape index (κ3) is 3.45. The normalized spacial score (nSPS) is 12.0. The second-order valence-electron chi connectivity index (χ2n) is 6.56. The van der Waals surface area contributed by atoms with Crippen molar-refractivity contribution in [1.29, 1.82) is 0 Å². The summed E-state index contributed by atoms with van der Waals surface area (Å²) < 4.78 is 14.2. The minimum atomic E-state index is -1.21. The van der Waals surface area contributed by atoms with E-state index in [0.717, 1.165) is 9.13 Å². The Morgan fingerprint density at radius 3 is 2.50 bits per heavy atom. The Morgan fingerprint density at radius 2 is 1.90 bits per heavy atom. The number of aromatic nitrogens is 4. The number of aryl methyl sites for hydroxylation is 1. The molecule has 0 bridgehead atoms. The van der Waals surface area contributed by atoms with Crippen LogP contribution in [-0.2, 0) is 20.1 Å². The zero-order valence-electron chi connectivity index (χ0n) is 16.8. The molecule has 2 heterocycles. The Kier molecular flexibility index (Phi) is 5.96. The van der Waals surface area contributed by atoms with Crippen LogP contribution >= 0.6 is 0 Å². The molecule has 10 nitrogen and oxygen atoms in total. The highest BCUT2D eigenvalue weighted by atomic mass is 16.5. The summed E-state index contributed by atoms with van der Waals surface area (Å²) in [7, 11) is 4.66. The average Bonchev–Trinajstić information content (AvgIpc) is 3.10. The van der Waals surface area contributed by atoms with E-state index in [1.807, 2.05) is 0 Å². The van der Waals surface area contributed by atoms with Crippen LogP contribution in [0.4, 0.5) is 0 Å². The summed E-state index contributed by atoms with van der Waals surface area (Å²) in [5, 5.41) is 19.1. The summed E-state index contributed by atoms with van der Waals surface area (Å²) in [6, 6.07) is 5.14. The maximum atomic E-state index is 13.0. The molecule has 0 radical (unpaired) electrons. The van der Waals surface area contributed by atoms with Gasteiger partial charge in [0.2, 0.25) is 0 Å². The average molecular weight is 414 g/mol. The highest BCUT2D eigenvalue weighted by Gasteiger charge is 2.22. The number of nitrogens with zero attached hydrogens (tertiary/aromatic N) is 4. The minimum Gasteiger partial charge on any atom is -0.493 e. The van der Waals surface area contributed by atoms with Crippen molar-refractivity contribution in [3.8, 4) is 35.2 Å². The number of fused-ring (bicyclic) bond motifs is 1. The number of ether oxygens (including phenoxy) is 2. The molecule has 2 aromatic heterocycles. The van der Waals surface area contributed by atoms with Crippen LogP contribution < -0.4 is 20.7 Å². The highest BCUT2D eigenvalue weighted by Crippen LogP contribution is 2.32. The Hall–Kier alpha value is -3.55. The first kappa shape index (κ1) is 21.2. The number of aliphatic hydroxyl groups is 2. The monoisotopic (exact) mass is 414 g/mol. The molecule has 3 aromatic rings. The van der Waals surface area contributed by atoms with Gasteiger partial charge in [-0.25, -0.2) is 14.3 Å². The molecule has 0 aliphatic rings. The molecular weight excluding hydrogens is 392 g/mol. The molecule has 158 valence electrons. The van der Waals surface area contributed by atoms with Crippen molar-refractivity contribution in [2.45, 2.75) is 19.2 Å². The first-order chi connectivity index (χ1) is 14.4. The van der Waals surface area contributed by atoms with Crippen LogP contribution in [0, 0.1) is 12.3 Å². The van der Waals surface area contributed by atoms with Crippen molar-refractivity contribution < 1.29 is 19.7 Å². The van der Waals surface area contributed by atoms with E-state index >= 15 is 0 Å². The van der Waals surface area contributed by atoms with E-state index in [2.05, 4.69) is 10.9 Å². The van der Waals surface area contributed by atoms with Crippen LogP contribution in [-0.4, -0.2) is 55.8 Å². The van der Waals surface area contributed by atoms with E-state index in [0.29, 0.717) is 22.9 Å². The van der Waals surface area contributed by atoms with Gasteiger partial charge in [-0.3, -0.25) is 9.36 Å². The fraction of sp³-hybridized carbons (Fsp3) is 0.350. The Balaban J connectivity index is 2.35. The van der Waals surface area contributed by atoms with Gasteiger partial charge >= 0.3 is 5.69 Å². The van der Waals surface area contributed by atoms with Crippen LogP contribution in [0.3, 0.4) is 0 Å². The number of hydrogen-bond donors (Lipinski definition) is 2. The zero-order chi connectivity index (χ0) is 22.0. The SMILES string of the molecule is C#CCn1c(=O)c2c(nc(-c3ccc(OC)c(OC)c3)n2C)n(CC(O)CO)c1=O. The molecule has 1 unspecified atom stereocenters. The first-order valence-electron chi connectivity index (χ1n) is 9.02. The lowest BCUT2D eigenvalue weighted by atomic mass is 10.2. The molecular formula is C20H22N4O6. The van der Waals surface area contributed by atoms with Crippen molar-refractivity contribution >= 4 is 11.2 Å². The van der Waals surface area contributed by atoms with Crippen molar-refractivity contribution in [2.24, 2.45) is 7.05 Å². The number of aliphatic hydroxyl groups excluding tert-OH is 2. The number of terminal acetylenes is 1. The lowest BCUT2D eigenvalue weighted by Gasteiger charge is -2.12. The Bertz CT molecular complexity index is 1250. The van der Waals surface area contributed by atoms with Gasteiger partial charge in [0, 0.05) is 12.6 Å². The topological polar surface area (TPSA) is 121 Å². The summed E-state index contributed by atoms with van der Waals surface area (Å²) >= 11 is 0. The van der Waals surface area contributed by atoms with Gasteiger partial charge in [0.25, 0.3) is 5.56 Å². The highest BCUT2D eigenvalue weighted by molar-refractivity contribution is 5.77. The van der Waals surface area contributed by atoms with E-state index < -0.39 is 24.0 Å². The maximum absolute atomic E-state index is 13.0. The molecule has 3 rings (SSSR count). The molecule has 0 aliphatic heterocycles. The molecule has 1 aromatic carbocycles. The summed E-state index contributed by atoms with van der Waals surface area (Å²) in [6.07, 6.45) is 4.10. The van der Waals surface area contributed by atoms with Gasteiger partial charge in [-0.1, -0.05) is 5.92 Å². The number of benzene rings is 1.